The van der Waals surface area contributed by atoms with Crippen LogP contribution in [0.15, 0.2) is 0 Å². The van der Waals surface area contributed by atoms with Gasteiger partial charge in [-0.1, -0.05) is 6.92 Å². The zero-order chi connectivity index (χ0) is 15.1. The minimum atomic E-state index is -1.18. The number of nitrogens with two attached hydrogens (primary N) is 1. The standard InChI is InChI=1S/C12H22N4O4/c1-2-15-5-3-4-9(6-15)14-12(20)16(7-10(13)17)8-11(18)19/h9H,2-8H2,1H3,(H2,13,17)(H,14,20)(H,18,19). The van der Waals surface area contributed by atoms with Gasteiger partial charge in [-0.2, -0.15) is 0 Å². The molecule has 0 bridgehead atoms. The van der Waals surface area contributed by atoms with Gasteiger partial charge in [0, 0.05) is 12.6 Å². The second kappa shape index (κ2) is 7.68. The molecule has 1 saturated heterocycles. The lowest BCUT2D eigenvalue weighted by atomic mass is 10.1. The van der Waals surface area contributed by atoms with Crippen LogP contribution in [0.2, 0.25) is 0 Å². The van der Waals surface area contributed by atoms with E-state index in [2.05, 4.69) is 10.2 Å². The van der Waals surface area contributed by atoms with Crippen molar-refractivity contribution in [1.29, 1.82) is 0 Å². The Morgan fingerprint density at radius 3 is 2.65 bits per heavy atom. The zero-order valence-electron chi connectivity index (χ0n) is 11.7. The molecule has 1 atom stereocenters. The van der Waals surface area contributed by atoms with Crippen molar-refractivity contribution in [2.45, 2.75) is 25.8 Å². The van der Waals surface area contributed by atoms with Crippen molar-refractivity contribution in [2.75, 3.05) is 32.7 Å². The predicted molar refractivity (Wildman–Crippen MR) is 72.1 cm³/mol. The van der Waals surface area contributed by atoms with Crippen molar-refractivity contribution >= 4 is 17.9 Å². The molecule has 8 nitrogen and oxygen atoms in total. The van der Waals surface area contributed by atoms with Crippen LogP contribution in [0, 0.1) is 0 Å². The second-order valence-electron chi connectivity index (χ2n) is 4.90. The Morgan fingerprint density at radius 1 is 1.40 bits per heavy atom. The van der Waals surface area contributed by atoms with E-state index >= 15 is 0 Å². The number of nitrogens with one attached hydrogen (secondary N) is 1. The van der Waals surface area contributed by atoms with Crippen LogP contribution in [-0.2, 0) is 9.59 Å². The number of piperidine rings is 1. The van der Waals surface area contributed by atoms with Gasteiger partial charge >= 0.3 is 12.0 Å². The number of amides is 3. The summed E-state index contributed by atoms with van der Waals surface area (Å²) in [7, 11) is 0. The summed E-state index contributed by atoms with van der Waals surface area (Å²) < 4.78 is 0. The molecule has 114 valence electrons. The molecule has 0 aromatic heterocycles. The number of primary amides is 1. The quantitative estimate of drug-likeness (QED) is 0.582. The highest BCUT2D eigenvalue weighted by molar-refractivity contribution is 5.86. The maximum absolute atomic E-state index is 12.0. The molecule has 20 heavy (non-hydrogen) atoms. The van der Waals surface area contributed by atoms with Crippen molar-refractivity contribution < 1.29 is 19.5 Å². The van der Waals surface area contributed by atoms with Crippen LogP contribution in [0.5, 0.6) is 0 Å². The highest BCUT2D eigenvalue weighted by Gasteiger charge is 2.24. The lowest BCUT2D eigenvalue weighted by Crippen LogP contribution is -2.53. The summed E-state index contributed by atoms with van der Waals surface area (Å²) in [4.78, 5) is 36.7. The third kappa shape index (κ3) is 5.43. The Labute approximate surface area is 117 Å². The molecular weight excluding hydrogens is 264 g/mol. The molecule has 1 aliphatic heterocycles. The second-order valence-corrected chi connectivity index (χ2v) is 4.90. The van der Waals surface area contributed by atoms with Gasteiger partial charge in [0.25, 0.3) is 0 Å². The van der Waals surface area contributed by atoms with Crippen LogP contribution >= 0.6 is 0 Å². The molecule has 1 fully saturated rings. The van der Waals surface area contributed by atoms with Crippen LogP contribution in [0.4, 0.5) is 4.79 Å². The smallest absolute Gasteiger partial charge is 0.323 e. The molecular formula is C12H22N4O4. The number of hydrogen-bond donors (Lipinski definition) is 3. The van der Waals surface area contributed by atoms with E-state index in [0.717, 1.165) is 37.4 Å². The van der Waals surface area contributed by atoms with E-state index in [1.807, 2.05) is 6.92 Å². The van der Waals surface area contributed by atoms with Crippen LogP contribution in [0.3, 0.4) is 0 Å². The van der Waals surface area contributed by atoms with E-state index in [1.54, 1.807) is 0 Å². The number of rotatable bonds is 6. The molecule has 8 heteroatoms. The number of carbonyl (C=O) groups is 3. The molecule has 4 N–H and O–H groups in total. The first-order valence-electron chi connectivity index (χ1n) is 6.70. The van der Waals surface area contributed by atoms with Crippen molar-refractivity contribution in [3.8, 4) is 0 Å². The number of urea groups is 1. The van der Waals surface area contributed by atoms with E-state index in [4.69, 9.17) is 10.8 Å². The number of likely N-dealkylation sites (tertiary alicyclic amines) is 1. The number of carbonyl (C=O) groups excluding carboxylic acids is 2. The van der Waals surface area contributed by atoms with Gasteiger partial charge in [0.15, 0.2) is 0 Å². The van der Waals surface area contributed by atoms with Gasteiger partial charge in [0.2, 0.25) is 5.91 Å². The first-order chi connectivity index (χ1) is 9.42. The number of nitrogens with zero attached hydrogens (tertiary/aromatic N) is 2. The van der Waals surface area contributed by atoms with Crippen molar-refractivity contribution in [1.82, 2.24) is 15.1 Å². The van der Waals surface area contributed by atoms with Gasteiger partial charge in [-0.15, -0.1) is 0 Å². The van der Waals surface area contributed by atoms with Gasteiger partial charge in [-0.3, -0.25) is 9.59 Å². The molecule has 0 saturated carbocycles. The number of carboxylic acid groups (broad SMARTS) is 1. The van der Waals surface area contributed by atoms with Gasteiger partial charge in [0.05, 0.1) is 0 Å². The predicted octanol–water partition coefficient (Wildman–Crippen LogP) is -0.948. The van der Waals surface area contributed by atoms with Crippen molar-refractivity contribution in [3.05, 3.63) is 0 Å². The molecule has 0 radical (unpaired) electrons. The van der Waals surface area contributed by atoms with Gasteiger partial charge in [0.1, 0.15) is 13.1 Å². The first-order valence-corrected chi connectivity index (χ1v) is 6.70. The molecule has 0 aromatic carbocycles. The SMILES string of the molecule is CCN1CCCC(NC(=O)N(CC(N)=O)CC(=O)O)C1. The average Bonchev–Trinajstić information content (AvgIpc) is 2.37. The molecule has 1 heterocycles. The highest BCUT2D eigenvalue weighted by Crippen LogP contribution is 2.09. The van der Waals surface area contributed by atoms with Crippen molar-refractivity contribution in [2.24, 2.45) is 5.73 Å². The third-order valence-electron chi connectivity index (χ3n) is 3.24. The molecule has 0 aromatic rings. The lowest BCUT2D eigenvalue weighted by molar-refractivity contribution is -0.137. The topological polar surface area (TPSA) is 116 Å². The maximum atomic E-state index is 12.0. The average molecular weight is 286 g/mol. The minimum Gasteiger partial charge on any atom is -0.480 e. The lowest BCUT2D eigenvalue weighted by Gasteiger charge is -2.33. The van der Waals surface area contributed by atoms with Crippen LogP contribution < -0.4 is 11.1 Å². The summed E-state index contributed by atoms with van der Waals surface area (Å²) in [5.74, 6) is -1.92. The normalized spacial score (nSPS) is 19.4. The summed E-state index contributed by atoms with van der Waals surface area (Å²) in [5, 5.41) is 11.5. The fourth-order valence-electron chi connectivity index (χ4n) is 2.28. The summed E-state index contributed by atoms with van der Waals surface area (Å²) in [6.07, 6.45) is 1.83. The fourth-order valence-corrected chi connectivity index (χ4v) is 2.28. The van der Waals surface area contributed by atoms with Crippen LogP contribution in [-0.4, -0.2) is 71.6 Å². The largest absolute Gasteiger partial charge is 0.480 e. The number of hydrogen-bond acceptors (Lipinski definition) is 4. The number of likely N-dealkylation sites (N-methyl/N-ethyl adjacent to an activating group) is 1. The van der Waals surface area contributed by atoms with Gasteiger partial charge < -0.3 is 26.0 Å². The van der Waals surface area contributed by atoms with E-state index in [-0.39, 0.29) is 6.04 Å². The van der Waals surface area contributed by atoms with Crippen LogP contribution in [0.25, 0.3) is 0 Å². The third-order valence-corrected chi connectivity index (χ3v) is 3.24. The molecule has 1 unspecified atom stereocenters. The summed E-state index contributed by atoms with van der Waals surface area (Å²) in [6, 6.07) is -0.588. The van der Waals surface area contributed by atoms with E-state index in [1.165, 1.54) is 0 Å². The Hall–Kier alpha value is -1.83. The summed E-state index contributed by atoms with van der Waals surface area (Å²) in [6.45, 7) is 3.75. The number of carboxylic acids is 1. The van der Waals surface area contributed by atoms with E-state index < -0.39 is 31.0 Å². The Kier molecular flexibility index (Phi) is 6.23. The molecule has 1 rings (SSSR count). The Morgan fingerprint density at radius 2 is 2.10 bits per heavy atom. The summed E-state index contributed by atoms with van der Waals surface area (Å²) in [5.41, 5.74) is 5.02. The first kappa shape index (κ1) is 16.2. The van der Waals surface area contributed by atoms with Gasteiger partial charge in [-0.05, 0) is 25.9 Å². The maximum Gasteiger partial charge on any atom is 0.323 e. The van der Waals surface area contributed by atoms with Crippen LogP contribution in [0.1, 0.15) is 19.8 Å². The molecule has 1 aliphatic rings. The summed E-state index contributed by atoms with van der Waals surface area (Å²) >= 11 is 0. The molecule has 3 amide bonds. The number of aliphatic carboxylic acids is 1. The Balaban J connectivity index is 2.55. The zero-order valence-corrected chi connectivity index (χ0v) is 11.7. The highest BCUT2D eigenvalue weighted by atomic mass is 16.4. The monoisotopic (exact) mass is 286 g/mol. The van der Waals surface area contributed by atoms with Gasteiger partial charge in [-0.25, -0.2) is 4.79 Å². The Bertz CT molecular complexity index is 358. The van der Waals surface area contributed by atoms with E-state index in [0.29, 0.717) is 0 Å². The van der Waals surface area contributed by atoms with Crippen molar-refractivity contribution in [3.63, 3.8) is 0 Å². The van der Waals surface area contributed by atoms with E-state index in [9.17, 15) is 14.4 Å². The molecule has 0 spiro atoms. The fraction of sp³-hybridized carbons (Fsp3) is 0.750. The minimum absolute atomic E-state index is 0.0274. The molecule has 0 aliphatic carbocycles.